The van der Waals surface area contributed by atoms with Crippen LogP contribution in [0.15, 0.2) is 52.2 Å². The van der Waals surface area contributed by atoms with E-state index in [4.69, 9.17) is 0 Å². The van der Waals surface area contributed by atoms with E-state index in [0.717, 1.165) is 30.3 Å². The highest BCUT2D eigenvalue weighted by Gasteiger charge is 2.21. The number of benzene rings is 2. The maximum atomic E-state index is 14.1. The number of sulfonamides is 1. The summed E-state index contributed by atoms with van der Waals surface area (Å²) in [5, 5.41) is 4.38. The summed E-state index contributed by atoms with van der Waals surface area (Å²) in [7, 11) is -4.19. The maximum Gasteiger partial charge on any atom is 0.266 e. The standard InChI is InChI=1S/C17H14F3N3O2S2/c1-10(11-4-12(18)6-13(19)5-11)22-14-2-3-15(20)16(7-14)27(24,25)23-17-8-26-9-21-17/h2-10,22-23H,1H3/t10-/m0/s1. The van der Waals surface area contributed by atoms with E-state index in [1.165, 1.54) is 28.3 Å². The molecule has 0 radical (unpaired) electrons. The molecule has 0 fully saturated rings. The molecule has 5 nitrogen and oxygen atoms in total. The molecule has 0 amide bonds. The van der Waals surface area contributed by atoms with Crippen LogP contribution >= 0.6 is 11.3 Å². The smallest absolute Gasteiger partial charge is 0.266 e. The molecule has 10 heteroatoms. The van der Waals surface area contributed by atoms with E-state index in [1.54, 1.807) is 6.92 Å². The van der Waals surface area contributed by atoms with Gasteiger partial charge in [-0.25, -0.2) is 26.6 Å². The SMILES string of the molecule is C[C@H](Nc1ccc(F)c(S(=O)(=O)Nc2cscn2)c1)c1cc(F)cc(F)c1. The highest BCUT2D eigenvalue weighted by molar-refractivity contribution is 7.92. The zero-order chi connectivity index (χ0) is 19.6. The zero-order valence-corrected chi connectivity index (χ0v) is 15.5. The number of rotatable bonds is 6. The summed E-state index contributed by atoms with van der Waals surface area (Å²) >= 11 is 1.19. The quantitative estimate of drug-likeness (QED) is 0.623. The topological polar surface area (TPSA) is 71.1 Å². The van der Waals surface area contributed by atoms with Gasteiger partial charge in [-0.3, -0.25) is 4.72 Å². The average Bonchev–Trinajstić information content (AvgIpc) is 3.07. The van der Waals surface area contributed by atoms with Gasteiger partial charge in [0.25, 0.3) is 10.0 Å². The average molecular weight is 413 g/mol. The molecule has 2 aromatic carbocycles. The van der Waals surface area contributed by atoms with E-state index in [2.05, 4.69) is 15.0 Å². The fourth-order valence-corrected chi connectivity index (χ4v) is 4.08. The number of hydrogen-bond acceptors (Lipinski definition) is 5. The Hall–Kier alpha value is -2.59. The van der Waals surface area contributed by atoms with E-state index < -0.39 is 38.4 Å². The third kappa shape index (κ3) is 4.58. The van der Waals surface area contributed by atoms with Gasteiger partial charge in [0, 0.05) is 23.2 Å². The second-order valence-corrected chi connectivity index (χ2v) is 8.06. The second-order valence-electron chi connectivity index (χ2n) is 5.69. The van der Waals surface area contributed by atoms with Crippen molar-refractivity contribution >= 4 is 32.9 Å². The van der Waals surface area contributed by atoms with Crippen LogP contribution in [0.1, 0.15) is 18.5 Å². The molecule has 0 aliphatic rings. The Labute approximate surface area is 157 Å². The van der Waals surface area contributed by atoms with Crippen molar-refractivity contribution in [2.24, 2.45) is 0 Å². The van der Waals surface area contributed by atoms with Gasteiger partial charge in [-0.1, -0.05) is 0 Å². The molecule has 3 rings (SSSR count). The minimum atomic E-state index is -4.19. The fraction of sp³-hybridized carbons (Fsp3) is 0.118. The molecule has 0 saturated heterocycles. The number of nitrogens with zero attached hydrogens (tertiary/aromatic N) is 1. The Morgan fingerprint density at radius 1 is 1.07 bits per heavy atom. The lowest BCUT2D eigenvalue weighted by molar-refractivity contribution is 0.570. The van der Waals surface area contributed by atoms with E-state index in [9.17, 15) is 21.6 Å². The predicted octanol–water partition coefficient (Wildman–Crippen LogP) is 4.53. The molecule has 1 aromatic heterocycles. The summed E-state index contributed by atoms with van der Waals surface area (Å²) in [5.74, 6) is -2.31. The van der Waals surface area contributed by atoms with Gasteiger partial charge in [0.2, 0.25) is 0 Å². The van der Waals surface area contributed by atoms with Crippen LogP contribution in [-0.4, -0.2) is 13.4 Å². The van der Waals surface area contributed by atoms with E-state index >= 15 is 0 Å². The number of hydrogen-bond donors (Lipinski definition) is 2. The van der Waals surface area contributed by atoms with Gasteiger partial charge in [-0.05, 0) is 42.8 Å². The van der Waals surface area contributed by atoms with Crippen molar-refractivity contribution in [3.05, 3.63) is 70.3 Å². The van der Waals surface area contributed by atoms with Crippen LogP contribution in [0.4, 0.5) is 24.7 Å². The molecular formula is C17H14F3N3O2S2. The Kier molecular flexibility index (Phi) is 5.38. The van der Waals surface area contributed by atoms with Crippen LogP contribution in [0.3, 0.4) is 0 Å². The van der Waals surface area contributed by atoms with E-state index in [-0.39, 0.29) is 11.5 Å². The van der Waals surface area contributed by atoms with Crippen molar-refractivity contribution < 1.29 is 21.6 Å². The minimum Gasteiger partial charge on any atom is -0.378 e. The molecule has 0 bridgehead atoms. The van der Waals surface area contributed by atoms with Crippen molar-refractivity contribution in [1.29, 1.82) is 0 Å². The lowest BCUT2D eigenvalue weighted by Crippen LogP contribution is -2.15. The molecule has 1 heterocycles. The van der Waals surface area contributed by atoms with Gasteiger partial charge in [0.15, 0.2) is 5.82 Å². The fourth-order valence-electron chi connectivity index (χ4n) is 2.41. The Morgan fingerprint density at radius 2 is 1.78 bits per heavy atom. The first-order valence-electron chi connectivity index (χ1n) is 7.68. The summed E-state index contributed by atoms with van der Waals surface area (Å²) in [6, 6.07) is 5.96. The monoisotopic (exact) mass is 413 g/mol. The summed E-state index contributed by atoms with van der Waals surface area (Å²) in [5.41, 5.74) is 2.03. The third-order valence-corrected chi connectivity index (χ3v) is 5.62. The lowest BCUT2D eigenvalue weighted by Gasteiger charge is -2.17. The Balaban J connectivity index is 1.86. The summed E-state index contributed by atoms with van der Waals surface area (Å²) < 4.78 is 67.8. The van der Waals surface area contributed by atoms with Gasteiger partial charge in [-0.15, -0.1) is 11.3 Å². The largest absolute Gasteiger partial charge is 0.378 e. The molecule has 2 N–H and O–H groups in total. The molecule has 0 saturated carbocycles. The molecule has 0 aliphatic heterocycles. The van der Waals surface area contributed by atoms with Crippen LogP contribution in [0, 0.1) is 17.5 Å². The van der Waals surface area contributed by atoms with Gasteiger partial charge in [-0.2, -0.15) is 0 Å². The highest BCUT2D eigenvalue weighted by Crippen LogP contribution is 2.26. The van der Waals surface area contributed by atoms with E-state index in [0.29, 0.717) is 5.56 Å². The second kappa shape index (κ2) is 7.57. The van der Waals surface area contributed by atoms with Crippen molar-refractivity contribution in [2.75, 3.05) is 10.0 Å². The molecule has 27 heavy (non-hydrogen) atoms. The molecule has 3 aromatic rings. The summed E-state index contributed by atoms with van der Waals surface area (Å²) in [6.07, 6.45) is 0. The van der Waals surface area contributed by atoms with E-state index in [1.807, 2.05) is 0 Å². The predicted molar refractivity (Wildman–Crippen MR) is 97.7 cm³/mol. The lowest BCUT2D eigenvalue weighted by atomic mass is 10.1. The minimum absolute atomic E-state index is 0.0846. The molecule has 0 unspecified atom stereocenters. The Morgan fingerprint density at radius 3 is 2.41 bits per heavy atom. The van der Waals surface area contributed by atoms with Crippen molar-refractivity contribution in [2.45, 2.75) is 17.9 Å². The van der Waals surface area contributed by atoms with Gasteiger partial charge in [0.1, 0.15) is 22.3 Å². The molecular weight excluding hydrogens is 399 g/mol. The number of aromatic nitrogens is 1. The Bertz CT molecular complexity index is 1040. The first-order valence-corrected chi connectivity index (χ1v) is 10.1. The maximum absolute atomic E-state index is 14.1. The number of nitrogens with one attached hydrogen (secondary N) is 2. The van der Waals surface area contributed by atoms with Crippen LogP contribution < -0.4 is 10.0 Å². The molecule has 0 spiro atoms. The van der Waals surface area contributed by atoms with Gasteiger partial charge >= 0.3 is 0 Å². The zero-order valence-electron chi connectivity index (χ0n) is 13.9. The first kappa shape index (κ1) is 19.2. The normalized spacial score (nSPS) is 12.6. The highest BCUT2D eigenvalue weighted by atomic mass is 32.2. The van der Waals surface area contributed by atoms with Crippen LogP contribution in [0.5, 0.6) is 0 Å². The number of halogens is 3. The molecule has 1 atom stereocenters. The third-order valence-electron chi connectivity index (χ3n) is 3.66. The van der Waals surface area contributed by atoms with Crippen LogP contribution in [0.2, 0.25) is 0 Å². The van der Waals surface area contributed by atoms with Crippen LogP contribution in [-0.2, 0) is 10.0 Å². The van der Waals surface area contributed by atoms with Crippen molar-refractivity contribution in [3.8, 4) is 0 Å². The van der Waals surface area contributed by atoms with Crippen molar-refractivity contribution in [1.82, 2.24) is 4.98 Å². The molecule has 142 valence electrons. The van der Waals surface area contributed by atoms with Gasteiger partial charge in [0.05, 0.1) is 5.51 Å². The molecule has 0 aliphatic carbocycles. The number of thiazole rings is 1. The first-order chi connectivity index (χ1) is 12.7. The number of anilines is 2. The van der Waals surface area contributed by atoms with Gasteiger partial charge < -0.3 is 5.32 Å². The summed E-state index contributed by atoms with van der Waals surface area (Å²) in [6.45, 7) is 1.64. The summed E-state index contributed by atoms with van der Waals surface area (Å²) in [4.78, 5) is 3.23. The van der Waals surface area contributed by atoms with Crippen molar-refractivity contribution in [3.63, 3.8) is 0 Å². The van der Waals surface area contributed by atoms with Crippen LogP contribution in [0.25, 0.3) is 0 Å².